The van der Waals surface area contributed by atoms with Gasteiger partial charge in [-0.3, -0.25) is 14.9 Å². The number of amides is 1. The minimum atomic E-state index is -3.29. The molecular formula is C16H16N2O6S. The number of rotatable bonds is 6. The van der Waals surface area contributed by atoms with Crippen molar-refractivity contribution in [2.75, 3.05) is 18.7 Å². The average molecular weight is 364 g/mol. The Labute approximate surface area is 144 Å². The van der Waals surface area contributed by atoms with Gasteiger partial charge in [-0.1, -0.05) is 12.1 Å². The zero-order valence-electron chi connectivity index (χ0n) is 13.6. The van der Waals surface area contributed by atoms with Gasteiger partial charge in [-0.05, 0) is 23.8 Å². The summed E-state index contributed by atoms with van der Waals surface area (Å²) in [5.74, 6) is -0.186. The molecule has 0 aliphatic carbocycles. The normalized spacial score (nSPS) is 11.0. The minimum absolute atomic E-state index is 0.0180. The number of nitro groups is 1. The van der Waals surface area contributed by atoms with Gasteiger partial charge in [-0.25, -0.2) is 8.42 Å². The third-order valence-electron chi connectivity index (χ3n) is 3.39. The second kappa shape index (κ2) is 7.31. The topological polar surface area (TPSA) is 116 Å². The number of hydrogen-bond acceptors (Lipinski definition) is 6. The van der Waals surface area contributed by atoms with Gasteiger partial charge in [0, 0.05) is 12.3 Å². The molecule has 132 valence electrons. The number of carbonyl (C=O) groups is 1. The predicted molar refractivity (Wildman–Crippen MR) is 91.5 cm³/mol. The molecule has 0 aliphatic heterocycles. The molecule has 0 heterocycles. The molecule has 25 heavy (non-hydrogen) atoms. The van der Waals surface area contributed by atoms with Crippen molar-refractivity contribution in [3.8, 4) is 5.75 Å². The van der Waals surface area contributed by atoms with E-state index in [0.717, 1.165) is 6.26 Å². The molecule has 0 fully saturated rings. The van der Waals surface area contributed by atoms with Crippen molar-refractivity contribution in [2.24, 2.45) is 0 Å². The van der Waals surface area contributed by atoms with E-state index in [9.17, 15) is 23.3 Å². The summed E-state index contributed by atoms with van der Waals surface area (Å²) in [7, 11) is -1.94. The molecule has 9 heteroatoms. The van der Waals surface area contributed by atoms with E-state index in [1.54, 1.807) is 12.1 Å². The van der Waals surface area contributed by atoms with E-state index in [4.69, 9.17) is 4.74 Å². The highest BCUT2D eigenvalue weighted by Gasteiger charge is 2.14. The first-order valence-corrected chi connectivity index (χ1v) is 9.01. The molecular weight excluding hydrogens is 348 g/mol. The van der Waals surface area contributed by atoms with Crippen LogP contribution in [0.5, 0.6) is 5.75 Å². The lowest BCUT2D eigenvalue weighted by Gasteiger charge is -2.10. The lowest BCUT2D eigenvalue weighted by molar-refractivity contribution is -0.384. The van der Waals surface area contributed by atoms with E-state index in [2.05, 4.69) is 5.32 Å². The summed E-state index contributed by atoms with van der Waals surface area (Å²) < 4.78 is 27.9. The number of benzene rings is 2. The van der Waals surface area contributed by atoms with Crippen LogP contribution in [0.3, 0.4) is 0 Å². The number of nitro benzene ring substituents is 1. The van der Waals surface area contributed by atoms with Crippen molar-refractivity contribution >= 4 is 27.1 Å². The Morgan fingerprint density at radius 3 is 2.36 bits per heavy atom. The SMILES string of the molecule is COc1cc([N+](=O)[O-])ccc1NC(=O)Cc1ccc(S(C)(=O)=O)cc1. The van der Waals surface area contributed by atoms with Crippen LogP contribution in [0.2, 0.25) is 0 Å². The fourth-order valence-electron chi connectivity index (χ4n) is 2.13. The molecule has 2 rings (SSSR count). The minimum Gasteiger partial charge on any atom is -0.494 e. The first kappa shape index (κ1) is 18.4. The van der Waals surface area contributed by atoms with Crippen LogP contribution in [-0.2, 0) is 21.1 Å². The van der Waals surface area contributed by atoms with Crippen molar-refractivity contribution in [3.63, 3.8) is 0 Å². The molecule has 0 aliphatic rings. The summed E-state index contributed by atoms with van der Waals surface area (Å²) in [4.78, 5) is 22.5. The second-order valence-corrected chi connectivity index (χ2v) is 7.30. The summed E-state index contributed by atoms with van der Waals surface area (Å²) in [5, 5.41) is 13.4. The third-order valence-corrected chi connectivity index (χ3v) is 4.51. The summed E-state index contributed by atoms with van der Waals surface area (Å²) in [6.45, 7) is 0. The number of nitrogens with one attached hydrogen (secondary N) is 1. The zero-order valence-corrected chi connectivity index (χ0v) is 14.4. The lowest BCUT2D eigenvalue weighted by Crippen LogP contribution is -2.15. The molecule has 0 radical (unpaired) electrons. The Morgan fingerprint density at radius 2 is 1.84 bits per heavy atom. The second-order valence-electron chi connectivity index (χ2n) is 5.28. The molecule has 8 nitrogen and oxygen atoms in total. The van der Waals surface area contributed by atoms with Crippen LogP contribution >= 0.6 is 0 Å². The standard InChI is InChI=1S/C16H16N2O6S/c1-24-15-10-12(18(20)21)5-8-14(15)17-16(19)9-11-3-6-13(7-4-11)25(2,22)23/h3-8,10H,9H2,1-2H3,(H,17,19). The highest BCUT2D eigenvalue weighted by Crippen LogP contribution is 2.29. The number of hydrogen-bond donors (Lipinski definition) is 1. The summed E-state index contributed by atoms with van der Waals surface area (Å²) in [6.07, 6.45) is 1.12. The highest BCUT2D eigenvalue weighted by molar-refractivity contribution is 7.90. The zero-order chi connectivity index (χ0) is 18.6. The van der Waals surface area contributed by atoms with Crippen LogP contribution in [0, 0.1) is 10.1 Å². The Hall–Kier alpha value is -2.94. The van der Waals surface area contributed by atoms with Gasteiger partial charge in [0.2, 0.25) is 5.91 Å². The maximum Gasteiger partial charge on any atom is 0.273 e. The Bertz CT molecular complexity index is 907. The van der Waals surface area contributed by atoms with Crippen molar-refractivity contribution in [3.05, 3.63) is 58.1 Å². The summed E-state index contributed by atoms with van der Waals surface area (Å²) in [5.41, 5.74) is 0.794. The van der Waals surface area contributed by atoms with Crippen LogP contribution in [0.25, 0.3) is 0 Å². The van der Waals surface area contributed by atoms with E-state index in [1.807, 2.05) is 0 Å². The first-order chi connectivity index (χ1) is 11.7. The van der Waals surface area contributed by atoms with Crippen LogP contribution in [-0.4, -0.2) is 32.6 Å². The van der Waals surface area contributed by atoms with Crippen molar-refractivity contribution in [1.29, 1.82) is 0 Å². The Kier molecular flexibility index (Phi) is 5.38. The summed E-state index contributed by atoms with van der Waals surface area (Å²) >= 11 is 0. The van der Waals surface area contributed by atoms with Gasteiger partial charge in [0.25, 0.3) is 5.69 Å². The molecule has 0 spiro atoms. The smallest absolute Gasteiger partial charge is 0.273 e. The van der Waals surface area contributed by atoms with Crippen LogP contribution in [0.4, 0.5) is 11.4 Å². The van der Waals surface area contributed by atoms with Crippen LogP contribution in [0.1, 0.15) is 5.56 Å². The summed E-state index contributed by atoms with van der Waals surface area (Å²) in [6, 6.07) is 9.86. The van der Waals surface area contributed by atoms with Gasteiger partial charge in [0.05, 0.1) is 35.1 Å². The maximum atomic E-state index is 12.1. The Morgan fingerprint density at radius 1 is 1.20 bits per heavy atom. The molecule has 0 aromatic heterocycles. The van der Waals surface area contributed by atoms with Gasteiger partial charge in [-0.2, -0.15) is 0 Å². The van der Waals surface area contributed by atoms with Crippen molar-refractivity contribution < 1.29 is 22.9 Å². The van der Waals surface area contributed by atoms with E-state index < -0.39 is 14.8 Å². The van der Waals surface area contributed by atoms with Crippen LogP contribution < -0.4 is 10.1 Å². The Balaban J connectivity index is 2.11. The fourth-order valence-corrected chi connectivity index (χ4v) is 2.76. The number of non-ortho nitro benzene ring substituents is 1. The molecule has 0 atom stereocenters. The van der Waals surface area contributed by atoms with Gasteiger partial charge in [0.1, 0.15) is 5.75 Å². The van der Waals surface area contributed by atoms with Gasteiger partial charge in [0.15, 0.2) is 9.84 Å². The van der Waals surface area contributed by atoms with Crippen molar-refractivity contribution in [1.82, 2.24) is 0 Å². The third kappa shape index (κ3) is 4.77. The van der Waals surface area contributed by atoms with Crippen LogP contribution in [0.15, 0.2) is 47.4 Å². The monoisotopic (exact) mass is 364 g/mol. The fraction of sp³-hybridized carbons (Fsp3) is 0.188. The molecule has 0 saturated carbocycles. The van der Waals surface area contributed by atoms with E-state index in [0.29, 0.717) is 11.3 Å². The highest BCUT2D eigenvalue weighted by atomic mass is 32.2. The predicted octanol–water partition coefficient (Wildman–Crippen LogP) is 2.19. The van der Waals surface area contributed by atoms with Gasteiger partial charge in [-0.15, -0.1) is 0 Å². The van der Waals surface area contributed by atoms with E-state index in [-0.39, 0.29) is 28.7 Å². The number of nitrogens with zero attached hydrogens (tertiary/aromatic N) is 1. The van der Waals surface area contributed by atoms with Gasteiger partial charge < -0.3 is 10.1 Å². The van der Waals surface area contributed by atoms with E-state index in [1.165, 1.54) is 37.4 Å². The van der Waals surface area contributed by atoms with Crippen molar-refractivity contribution in [2.45, 2.75) is 11.3 Å². The lowest BCUT2D eigenvalue weighted by atomic mass is 10.1. The molecule has 2 aromatic rings. The first-order valence-electron chi connectivity index (χ1n) is 7.12. The number of methoxy groups -OCH3 is 1. The molecule has 2 aromatic carbocycles. The number of carbonyl (C=O) groups excluding carboxylic acids is 1. The maximum absolute atomic E-state index is 12.1. The molecule has 0 unspecified atom stereocenters. The number of ether oxygens (including phenoxy) is 1. The van der Waals surface area contributed by atoms with E-state index >= 15 is 0 Å². The quantitative estimate of drug-likeness (QED) is 0.620. The van der Waals surface area contributed by atoms with Gasteiger partial charge >= 0.3 is 0 Å². The number of sulfone groups is 1. The molecule has 1 amide bonds. The molecule has 1 N–H and O–H groups in total. The molecule has 0 saturated heterocycles. The largest absolute Gasteiger partial charge is 0.494 e. The number of anilines is 1. The average Bonchev–Trinajstić information content (AvgIpc) is 2.54. The molecule has 0 bridgehead atoms.